The van der Waals surface area contributed by atoms with E-state index in [4.69, 9.17) is 14.2 Å². The van der Waals surface area contributed by atoms with Crippen molar-refractivity contribution in [2.45, 2.75) is 12.8 Å². The van der Waals surface area contributed by atoms with Gasteiger partial charge in [-0.05, 0) is 48.4 Å². The van der Waals surface area contributed by atoms with Gasteiger partial charge in [-0.3, -0.25) is 9.59 Å². The third kappa shape index (κ3) is 3.64. The van der Waals surface area contributed by atoms with E-state index in [-0.39, 0.29) is 18.6 Å². The lowest BCUT2D eigenvalue weighted by molar-refractivity contribution is -0.117. The van der Waals surface area contributed by atoms with Crippen molar-refractivity contribution in [1.82, 2.24) is 0 Å². The molecule has 2 amide bonds. The minimum absolute atomic E-state index is 0.0597. The summed E-state index contributed by atoms with van der Waals surface area (Å²) >= 11 is 0. The number of hydrogen-bond donors (Lipinski definition) is 1. The highest BCUT2D eigenvalue weighted by Gasteiger charge is 2.24. The second-order valence-electron chi connectivity index (χ2n) is 6.47. The number of rotatable bonds is 5. The first-order valence-corrected chi connectivity index (χ1v) is 9.01. The van der Waals surface area contributed by atoms with Gasteiger partial charge in [0.25, 0.3) is 0 Å². The van der Waals surface area contributed by atoms with E-state index < -0.39 is 0 Å². The number of ether oxygens (including phenoxy) is 3. The van der Waals surface area contributed by atoms with Crippen molar-refractivity contribution in [3.63, 3.8) is 0 Å². The van der Waals surface area contributed by atoms with Crippen molar-refractivity contribution in [2.24, 2.45) is 0 Å². The molecular weight excluding hydrogens is 360 g/mol. The zero-order chi connectivity index (χ0) is 19.5. The van der Waals surface area contributed by atoms with Gasteiger partial charge in [-0.25, -0.2) is 0 Å². The minimum Gasteiger partial charge on any atom is -0.495 e. The molecule has 2 heterocycles. The van der Waals surface area contributed by atoms with E-state index in [0.29, 0.717) is 41.6 Å². The summed E-state index contributed by atoms with van der Waals surface area (Å²) in [5.74, 6) is 1.75. The maximum Gasteiger partial charge on any atom is 0.248 e. The third-order valence-corrected chi connectivity index (χ3v) is 4.63. The fourth-order valence-corrected chi connectivity index (χ4v) is 3.25. The molecule has 7 heteroatoms. The van der Waals surface area contributed by atoms with Crippen molar-refractivity contribution in [3.8, 4) is 17.2 Å². The van der Waals surface area contributed by atoms with Gasteiger partial charge < -0.3 is 24.4 Å². The number of benzene rings is 2. The van der Waals surface area contributed by atoms with Crippen molar-refractivity contribution in [2.75, 3.05) is 30.7 Å². The van der Waals surface area contributed by atoms with Crippen LogP contribution >= 0.6 is 0 Å². The van der Waals surface area contributed by atoms with Crippen molar-refractivity contribution in [1.29, 1.82) is 0 Å². The highest BCUT2D eigenvalue weighted by Crippen LogP contribution is 2.34. The molecule has 0 saturated carbocycles. The molecule has 28 heavy (non-hydrogen) atoms. The predicted octanol–water partition coefficient (Wildman–Crippen LogP) is 3.20. The number of carbonyl (C=O) groups excluding carboxylic acids is 2. The van der Waals surface area contributed by atoms with E-state index in [1.54, 1.807) is 36.3 Å². The Morgan fingerprint density at radius 2 is 2.04 bits per heavy atom. The van der Waals surface area contributed by atoms with E-state index in [0.717, 1.165) is 12.0 Å². The van der Waals surface area contributed by atoms with Gasteiger partial charge in [0, 0.05) is 24.7 Å². The van der Waals surface area contributed by atoms with Gasteiger partial charge in [-0.1, -0.05) is 6.07 Å². The van der Waals surface area contributed by atoms with Crippen LogP contribution < -0.4 is 24.4 Å². The van der Waals surface area contributed by atoms with E-state index >= 15 is 0 Å². The molecule has 0 radical (unpaired) electrons. The molecule has 0 bridgehead atoms. The molecule has 2 aliphatic rings. The number of amides is 2. The molecule has 2 aliphatic heterocycles. The zero-order valence-corrected chi connectivity index (χ0v) is 15.4. The molecule has 7 nitrogen and oxygen atoms in total. The number of methoxy groups -OCH3 is 1. The van der Waals surface area contributed by atoms with E-state index in [1.807, 2.05) is 18.2 Å². The summed E-state index contributed by atoms with van der Waals surface area (Å²) in [4.78, 5) is 26.1. The number of carbonyl (C=O) groups is 2. The molecule has 0 aliphatic carbocycles. The Balaban J connectivity index is 1.47. The minimum atomic E-state index is -0.276. The molecule has 1 saturated heterocycles. The number of nitrogens with zero attached hydrogens (tertiary/aromatic N) is 1. The Morgan fingerprint density at radius 3 is 2.82 bits per heavy atom. The van der Waals surface area contributed by atoms with Crippen LogP contribution in [-0.4, -0.2) is 32.3 Å². The summed E-state index contributed by atoms with van der Waals surface area (Å²) in [6.45, 7) is 0.860. The van der Waals surface area contributed by atoms with Crippen LogP contribution in [-0.2, 0) is 9.59 Å². The summed E-state index contributed by atoms with van der Waals surface area (Å²) in [7, 11) is 1.56. The molecule has 2 aromatic rings. The molecule has 0 aromatic heterocycles. The van der Waals surface area contributed by atoms with Crippen molar-refractivity contribution in [3.05, 3.63) is 48.0 Å². The van der Waals surface area contributed by atoms with Gasteiger partial charge >= 0.3 is 0 Å². The average Bonchev–Trinajstić information content (AvgIpc) is 3.34. The first-order chi connectivity index (χ1) is 13.6. The van der Waals surface area contributed by atoms with E-state index in [2.05, 4.69) is 5.32 Å². The van der Waals surface area contributed by atoms with E-state index in [1.165, 1.54) is 6.08 Å². The summed E-state index contributed by atoms with van der Waals surface area (Å²) in [6, 6.07) is 10.7. The van der Waals surface area contributed by atoms with Crippen LogP contribution in [0.25, 0.3) is 6.08 Å². The Labute approximate surface area is 162 Å². The number of nitrogens with one attached hydrogen (secondary N) is 1. The smallest absolute Gasteiger partial charge is 0.248 e. The molecule has 0 unspecified atom stereocenters. The maximum absolute atomic E-state index is 12.3. The van der Waals surface area contributed by atoms with Crippen LogP contribution in [0.5, 0.6) is 17.2 Å². The SMILES string of the molecule is COc1ccc(NC(=O)/C=C/c2ccc3c(c2)OCO3)cc1N1CCCC1=O. The van der Waals surface area contributed by atoms with Gasteiger partial charge in [-0.2, -0.15) is 0 Å². The number of hydrogen-bond acceptors (Lipinski definition) is 5. The standard InChI is InChI=1S/C21H20N2O5/c1-26-17-8-6-15(12-16(17)23-10-2-3-21(23)25)22-20(24)9-5-14-4-7-18-19(11-14)28-13-27-18/h4-9,11-12H,2-3,10,13H2,1H3,(H,22,24)/b9-5+. The van der Waals surface area contributed by atoms with Crippen LogP contribution in [0.1, 0.15) is 18.4 Å². The highest BCUT2D eigenvalue weighted by molar-refractivity contribution is 6.03. The molecule has 4 rings (SSSR count). The Hall–Kier alpha value is -3.48. The molecule has 0 atom stereocenters. The van der Waals surface area contributed by atoms with Gasteiger partial charge in [-0.15, -0.1) is 0 Å². The summed E-state index contributed by atoms with van der Waals surface area (Å²) in [5, 5.41) is 2.82. The average molecular weight is 380 g/mol. The summed E-state index contributed by atoms with van der Waals surface area (Å²) in [6.07, 6.45) is 4.49. The lowest BCUT2D eigenvalue weighted by atomic mass is 10.2. The van der Waals surface area contributed by atoms with Gasteiger partial charge in [0.1, 0.15) is 5.75 Å². The predicted molar refractivity (Wildman–Crippen MR) is 105 cm³/mol. The lowest BCUT2D eigenvalue weighted by Crippen LogP contribution is -2.24. The Morgan fingerprint density at radius 1 is 1.18 bits per heavy atom. The molecule has 1 N–H and O–H groups in total. The normalized spacial score (nSPS) is 15.3. The third-order valence-electron chi connectivity index (χ3n) is 4.63. The zero-order valence-electron chi connectivity index (χ0n) is 15.4. The second-order valence-corrected chi connectivity index (χ2v) is 6.47. The molecular formula is C21H20N2O5. The Bertz CT molecular complexity index is 954. The molecule has 2 aromatic carbocycles. The first kappa shape index (κ1) is 17.9. The van der Waals surface area contributed by atoms with Crippen molar-refractivity contribution < 1.29 is 23.8 Å². The molecule has 1 fully saturated rings. The summed E-state index contributed by atoms with van der Waals surface area (Å²) in [5.41, 5.74) is 2.09. The lowest BCUT2D eigenvalue weighted by Gasteiger charge is -2.20. The van der Waals surface area contributed by atoms with Crippen LogP contribution in [0.15, 0.2) is 42.5 Å². The first-order valence-electron chi connectivity index (χ1n) is 9.01. The fraction of sp³-hybridized carbons (Fsp3) is 0.238. The van der Waals surface area contributed by atoms with E-state index in [9.17, 15) is 9.59 Å². The molecule has 144 valence electrons. The summed E-state index contributed by atoms with van der Waals surface area (Å²) < 4.78 is 16.0. The van der Waals surface area contributed by atoms with Gasteiger partial charge in [0.2, 0.25) is 18.6 Å². The Kier molecular flexibility index (Phi) is 4.89. The fourth-order valence-electron chi connectivity index (χ4n) is 3.25. The molecule has 0 spiro atoms. The van der Waals surface area contributed by atoms with Gasteiger partial charge in [0.05, 0.1) is 12.8 Å². The monoisotopic (exact) mass is 380 g/mol. The highest BCUT2D eigenvalue weighted by atomic mass is 16.7. The number of anilines is 2. The second kappa shape index (κ2) is 7.64. The maximum atomic E-state index is 12.3. The topological polar surface area (TPSA) is 77.1 Å². The van der Waals surface area contributed by atoms with Crippen LogP contribution in [0.4, 0.5) is 11.4 Å². The quantitative estimate of drug-likeness (QED) is 0.806. The number of fused-ring (bicyclic) bond motifs is 1. The van der Waals surface area contributed by atoms with Crippen LogP contribution in [0, 0.1) is 0 Å². The van der Waals surface area contributed by atoms with Crippen molar-refractivity contribution >= 4 is 29.3 Å². The largest absolute Gasteiger partial charge is 0.495 e. The van der Waals surface area contributed by atoms with Crippen LogP contribution in [0.3, 0.4) is 0 Å². The van der Waals surface area contributed by atoms with Gasteiger partial charge in [0.15, 0.2) is 11.5 Å². The van der Waals surface area contributed by atoms with Crippen LogP contribution in [0.2, 0.25) is 0 Å².